The molecule has 19 heavy (non-hydrogen) atoms. The van der Waals surface area contributed by atoms with Gasteiger partial charge in [-0.25, -0.2) is 4.98 Å². The van der Waals surface area contributed by atoms with Gasteiger partial charge in [-0.15, -0.1) is 11.3 Å². The van der Waals surface area contributed by atoms with Crippen molar-refractivity contribution in [3.8, 4) is 0 Å². The predicted molar refractivity (Wildman–Crippen MR) is 69.5 cm³/mol. The third kappa shape index (κ3) is 3.12. The molecule has 1 aliphatic carbocycles. The SMILES string of the molecule is COC(=O)C1CCCC1C(=O)OCc1scnc1C. The summed E-state index contributed by atoms with van der Waals surface area (Å²) in [6, 6.07) is 0. The first-order valence-electron chi connectivity index (χ1n) is 6.27. The van der Waals surface area contributed by atoms with E-state index < -0.39 is 0 Å². The van der Waals surface area contributed by atoms with Crippen molar-refractivity contribution >= 4 is 23.3 Å². The Morgan fingerprint density at radius 1 is 1.37 bits per heavy atom. The first kappa shape index (κ1) is 14.0. The normalized spacial score (nSPS) is 22.2. The maximum Gasteiger partial charge on any atom is 0.310 e. The number of aryl methyl sites for hydroxylation is 1. The number of carbonyl (C=O) groups is 2. The van der Waals surface area contributed by atoms with E-state index >= 15 is 0 Å². The number of hydrogen-bond donors (Lipinski definition) is 0. The van der Waals surface area contributed by atoms with E-state index in [0.717, 1.165) is 17.0 Å². The van der Waals surface area contributed by atoms with E-state index in [0.29, 0.717) is 12.8 Å². The van der Waals surface area contributed by atoms with Crippen LogP contribution in [-0.2, 0) is 25.7 Å². The Morgan fingerprint density at radius 3 is 2.63 bits per heavy atom. The predicted octanol–water partition coefficient (Wildman–Crippen LogP) is 2.08. The Bertz CT molecular complexity index is 471. The zero-order valence-electron chi connectivity index (χ0n) is 11.0. The van der Waals surface area contributed by atoms with Crippen LogP contribution in [0, 0.1) is 18.8 Å². The van der Waals surface area contributed by atoms with E-state index in [-0.39, 0.29) is 30.4 Å². The van der Waals surface area contributed by atoms with Crippen LogP contribution in [-0.4, -0.2) is 24.0 Å². The van der Waals surface area contributed by atoms with Crippen molar-refractivity contribution in [3.63, 3.8) is 0 Å². The molecule has 0 amide bonds. The number of methoxy groups -OCH3 is 1. The molecule has 2 unspecified atom stereocenters. The zero-order valence-corrected chi connectivity index (χ0v) is 11.9. The first-order chi connectivity index (χ1) is 9.13. The average Bonchev–Trinajstić information content (AvgIpc) is 3.04. The molecule has 1 aromatic rings. The van der Waals surface area contributed by atoms with Crippen molar-refractivity contribution in [2.45, 2.75) is 32.8 Å². The molecular formula is C13H17NO4S. The summed E-state index contributed by atoms with van der Waals surface area (Å²) in [7, 11) is 1.35. The lowest BCUT2D eigenvalue weighted by molar-refractivity contribution is -0.158. The minimum Gasteiger partial charge on any atom is -0.469 e. The van der Waals surface area contributed by atoms with Gasteiger partial charge in [0.1, 0.15) is 6.61 Å². The number of nitrogens with zero attached hydrogens (tertiary/aromatic N) is 1. The number of rotatable bonds is 4. The lowest BCUT2D eigenvalue weighted by Crippen LogP contribution is -2.27. The summed E-state index contributed by atoms with van der Waals surface area (Å²) < 4.78 is 10.0. The maximum absolute atomic E-state index is 12.0. The number of thiazole rings is 1. The number of carbonyl (C=O) groups excluding carboxylic acids is 2. The van der Waals surface area contributed by atoms with Gasteiger partial charge in [-0.3, -0.25) is 9.59 Å². The van der Waals surface area contributed by atoms with Crippen LogP contribution < -0.4 is 0 Å². The molecule has 104 valence electrons. The molecule has 0 bridgehead atoms. The highest BCUT2D eigenvalue weighted by Crippen LogP contribution is 2.33. The van der Waals surface area contributed by atoms with Crippen molar-refractivity contribution in [2.24, 2.45) is 11.8 Å². The van der Waals surface area contributed by atoms with Crippen LogP contribution in [0.3, 0.4) is 0 Å². The Balaban J connectivity index is 1.92. The van der Waals surface area contributed by atoms with E-state index in [4.69, 9.17) is 9.47 Å². The molecule has 1 aromatic heterocycles. The molecule has 1 aliphatic rings. The second kappa shape index (κ2) is 6.14. The summed E-state index contributed by atoms with van der Waals surface area (Å²) in [5.74, 6) is -1.32. The highest BCUT2D eigenvalue weighted by molar-refractivity contribution is 7.09. The second-order valence-electron chi connectivity index (χ2n) is 4.64. The second-order valence-corrected chi connectivity index (χ2v) is 5.58. The van der Waals surface area contributed by atoms with Crippen LogP contribution in [0.25, 0.3) is 0 Å². The molecule has 0 saturated heterocycles. The molecule has 0 radical (unpaired) electrons. The third-order valence-electron chi connectivity index (χ3n) is 3.51. The van der Waals surface area contributed by atoms with Gasteiger partial charge in [-0.1, -0.05) is 6.42 Å². The van der Waals surface area contributed by atoms with Crippen molar-refractivity contribution in [1.82, 2.24) is 4.98 Å². The first-order valence-corrected chi connectivity index (χ1v) is 7.15. The largest absolute Gasteiger partial charge is 0.469 e. The van der Waals surface area contributed by atoms with Crippen LogP contribution in [0.5, 0.6) is 0 Å². The molecule has 2 rings (SSSR count). The summed E-state index contributed by atoms with van der Waals surface area (Å²) in [5, 5.41) is 0. The molecule has 6 heteroatoms. The molecule has 5 nitrogen and oxygen atoms in total. The minimum atomic E-state index is -0.360. The van der Waals surface area contributed by atoms with Gasteiger partial charge in [0.15, 0.2) is 0 Å². The van der Waals surface area contributed by atoms with E-state index in [2.05, 4.69) is 4.98 Å². The lowest BCUT2D eigenvalue weighted by Gasteiger charge is -2.16. The van der Waals surface area contributed by atoms with Crippen LogP contribution in [0.1, 0.15) is 29.8 Å². The molecule has 1 saturated carbocycles. The van der Waals surface area contributed by atoms with Gasteiger partial charge in [-0.05, 0) is 19.8 Å². The van der Waals surface area contributed by atoms with E-state index in [1.54, 1.807) is 5.51 Å². The van der Waals surface area contributed by atoms with Crippen molar-refractivity contribution in [2.75, 3.05) is 7.11 Å². The standard InChI is InChI=1S/C13H17NO4S/c1-8-11(19-7-14-8)6-18-13(16)10-5-3-4-9(10)12(15)17-2/h7,9-10H,3-6H2,1-2H3. The number of aromatic nitrogens is 1. The van der Waals surface area contributed by atoms with Crippen molar-refractivity contribution in [1.29, 1.82) is 0 Å². The topological polar surface area (TPSA) is 65.5 Å². The van der Waals surface area contributed by atoms with Gasteiger partial charge >= 0.3 is 11.9 Å². The summed E-state index contributed by atoms with van der Waals surface area (Å²) in [6.45, 7) is 2.12. The molecular weight excluding hydrogens is 266 g/mol. The van der Waals surface area contributed by atoms with Gasteiger partial charge in [0.25, 0.3) is 0 Å². The summed E-state index contributed by atoms with van der Waals surface area (Å²) >= 11 is 1.47. The van der Waals surface area contributed by atoms with Gasteiger partial charge in [-0.2, -0.15) is 0 Å². The van der Waals surface area contributed by atoms with Crippen molar-refractivity contribution in [3.05, 3.63) is 16.1 Å². The van der Waals surface area contributed by atoms with E-state index in [9.17, 15) is 9.59 Å². The van der Waals surface area contributed by atoms with Crippen molar-refractivity contribution < 1.29 is 19.1 Å². The van der Waals surface area contributed by atoms with Crippen LogP contribution in [0.4, 0.5) is 0 Å². The molecule has 1 fully saturated rings. The Labute approximate surface area is 115 Å². The average molecular weight is 283 g/mol. The number of ether oxygens (including phenoxy) is 2. The fourth-order valence-electron chi connectivity index (χ4n) is 2.38. The molecule has 0 spiro atoms. The highest BCUT2D eigenvalue weighted by atomic mass is 32.1. The monoisotopic (exact) mass is 283 g/mol. The molecule has 1 heterocycles. The third-order valence-corrected chi connectivity index (χ3v) is 4.42. The fraction of sp³-hybridized carbons (Fsp3) is 0.615. The summed E-state index contributed by atoms with van der Waals surface area (Å²) in [5.41, 5.74) is 2.61. The highest BCUT2D eigenvalue weighted by Gasteiger charge is 2.39. The molecule has 0 aromatic carbocycles. The van der Waals surface area contributed by atoms with E-state index in [1.807, 2.05) is 6.92 Å². The lowest BCUT2D eigenvalue weighted by atomic mass is 9.96. The van der Waals surface area contributed by atoms with Crippen LogP contribution in [0.2, 0.25) is 0 Å². The van der Waals surface area contributed by atoms with Gasteiger partial charge < -0.3 is 9.47 Å². The Morgan fingerprint density at radius 2 is 2.05 bits per heavy atom. The summed E-state index contributed by atoms with van der Waals surface area (Å²) in [6.07, 6.45) is 2.26. The Hall–Kier alpha value is -1.43. The quantitative estimate of drug-likeness (QED) is 0.792. The molecule has 2 atom stereocenters. The van der Waals surface area contributed by atoms with Crippen LogP contribution in [0.15, 0.2) is 5.51 Å². The maximum atomic E-state index is 12.0. The zero-order chi connectivity index (χ0) is 13.8. The Kier molecular flexibility index (Phi) is 4.52. The summed E-state index contributed by atoms with van der Waals surface area (Å²) in [4.78, 5) is 28.7. The van der Waals surface area contributed by atoms with E-state index in [1.165, 1.54) is 18.4 Å². The minimum absolute atomic E-state index is 0.236. The van der Waals surface area contributed by atoms with Gasteiger partial charge in [0.05, 0.1) is 35.0 Å². The molecule has 0 N–H and O–H groups in total. The molecule has 0 aliphatic heterocycles. The van der Waals surface area contributed by atoms with Crippen LogP contribution >= 0.6 is 11.3 Å². The van der Waals surface area contributed by atoms with Gasteiger partial charge in [0.2, 0.25) is 0 Å². The number of esters is 2. The smallest absolute Gasteiger partial charge is 0.310 e. The number of hydrogen-bond acceptors (Lipinski definition) is 6. The fourth-order valence-corrected chi connectivity index (χ4v) is 3.07. The van der Waals surface area contributed by atoms with Gasteiger partial charge in [0, 0.05) is 0 Å².